The predicted molar refractivity (Wildman–Crippen MR) is 69.1 cm³/mol. The van der Waals surface area contributed by atoms with E-state index >= 15 is 0 Å². The molecule has 1 atom stereocenters. The van der Waals surface area contributed by atoms with Crippen molar-refractivity contribution >= 4 is 6.09 Å². The lowest BCUT2D eigenvalue weighted by molar-refractivity contribution is 0.0502. The Morgan fingerprint density at radius 2 is 2.12 bits per heavy atom. The van der Waals surface area contributed by atoms with Crippen molar-refractivity contribution < 1.29 is 9.53 Å². The fraction of sp³-hybridized carbons (Fsp3) is 0.923. The molecule has 1 heterocycles. The minimum absolute atomic E-state index is 0.0646. The van der Waals surface area contributed by atoms with Gasteiger partial charge in [-0.25, -0.2) is 4.79 Å². The first kappa shape index (κ1) is 14.3. The first-order valence-electron chi connectivity index (χ1n) is 6.59. The van der Waals surface area contributed by atoms with Crippen LogP contribution in [0.5, 0.6) is 0 Å². The molecular weight excluding hydrogens is 216 g/mol. The molecule has 2 N–H and O–H groups in total. The van der Waals surface area contributed by atoms with Gasteiger partial charge in [0.25, 0.3) is 0 Å². The lowest BCUT2D eigenvalue weighted by atomic mass is 9.86. The van der Waals surface area contributed by atoms with E-state index in [0.29, 0.717) is 6.54 Å². The SMILES string of the molecule is CCC1(CNC(=O)OC(C)(C)C)CCCCN1. The van der Waals surface area contributed by atoms with Crippen molar-refractivity contribution in [3.63, 3.8) is 0 Å². The van der Waals surface area contributed by atoms with Crippen LogP contribution in [0.1, 0.15) is 53.4 Å². The van der Waals surface area contributed by atoms with Crippen molar-refractivity contribution in [2.75, 3.05) is 13.1 Å². The fourth-order valence-electron chi connectivity index (χ4n) is 2.16. The summed E-state index contributed by atoms with van der Waals surface area (Å²) in [5.41, 5.74) is -0.362. The van der Waals surface area contributed by atoms with Crippen molar-refractivity contribution in [2.24, 2.45) is 0 Å². The molecule has 0 spiro atoms. The summed E-state index contributed by atoms with van der Waals surface area (Å²) in [5, 5.41) is 6.41. The van der Waals surface area contributed by atoms with E-state index < -0.39 is 5.60 Å². The lowest BCUT2D eigenvalue weighted by Crippen LogP contribution is -2.55. The van der Waals surface area contributed by atoms with E-state index in [4.69, 9.17) is 4.74 Å². The van der Waals surface area contributed by atoms with Gasteiger partial charge in [0.05, 0.1) is 0 Å². The average Bonchev–Trinajstić information content (AvgIpc) is 2.25. The summed E-state index contributed by atoms with van der Waals surface area (Å²) in [6.07, 6.45) is 4.30. The molecule has 1 unspecified atom stereocenters. The van der Waals surface area contributed by atoms with E-state index in [2.05, 4.69) is 17.6 Å². The number of nitrogens with one attached hydrogen (secondary N) is 2. The maximum atomic E-state index is 11.6. The van der Waals surface area contributed by atoms with Gasteiger partial charge < -0.3 is 15.4 Å². The minimum atomic E-state index is -0.427. The molecule has 0 aliphatic carbocycles. The molecule has 1 saturated heterocycles. The van der Waals surface area contributed by atoms with Gasteiger partial charge in [0.15, 0.2) is 0 Å². The van der Waals surface area contributed by atoms with E-state index in [1.54, 1.807) is 0 Å². The number of amides is 1. The summed E-state index contributed by atoms with van der Waals surface area (Å²) < 4.78 is 5.24. The first-order valence-corrected chi connectivity index (χ1v) is 6.59. The Balaban J connectivity index is 2.39. The normalized spacial score (nSPS) is 25.4. The van der Waals surface area contributed by atoms with E-state index in [1.807, 2.05) is 20.8 Å². The topological polar surface area (TPSA) is 50.4 Å². The van der Waals surface area contributed by atoms with Crippen molar-refractivity contribution in [3.05, 3.63) is 0 Å². The van der Waals surface area contributed by atoms with Gasteiger partial charge in [-0.2, -0.15) is 0 Å². The Kier molecular flexibility index (Phi) is 4.80. The maximum Gasteiger partial charge on any atom is 0.407 e. The molecule has 0 saturated carbocycles. The zero-order valence-corrected chi connectivity index (χ0v) is 11.6. The van der Waals surface area contributed by atoms with Crippen LogP contribution in [0.3, 0.4) is 0 Å². The van der Waals surface area contributed by atoms with Gasteiger partial charge in [-0.1, -0.05) is 13.3 Å². The highest BCUT2D eigenvalue weighted by Gasteiger charge is 2.30. The van der Waals surface area contributed by atoms with Crippen molar-refractivity contribution in [2.45, 2.75) is 64.5 Å². The lowest BCUT2D eigenvalue weighted by Gasteiger charge is -2.38. The molecule has 4 nitrogen and oxygen atoms in total. The molecular formula is C13H26N2O2. The smallest absolute Gasteiger partial charge is 0.407 e. The number of ether oxygens (including phenoxy) is 1. The molecule has 1 amide bonds. The summed E-state index contributed by atoms with van der Waals surface area (Å²) in [7, 11) is 0. The van der Waals surface area contributed by atoms with Crippen LogP contribution in [0, 0.1) is 0 Å². The van der Waals surface area contributed by atoms with E-state index in [-0.39, 0.29) is 11.6 Å². The number of alkyl carbamates (subject to hydrolysis) is 1. The van der Waals surface area contributed by atoms with Crippen LogP contribution in [-0.4, -0.2) is 30.3 Å². The van der Waals surface area contributed by atoms with Crippen LogP contribution < -0.4 is 10.6 Å². The standard InChI is InChI=1S/C13H26N2O2/c1-5-13(8-6-7-9-15-13)10-14-11(16)17-12(2,3)4/h15H,5-10H2,1-4H3,(H,14,16). The van der Waals surface area contributed by atoms with Crippen molar-refractivity contribution in [1.29, 1.82) is 0 Å². The van der Waals surface area contributed by atoms with E-state index in [9.17, 15) is 4.79 Å². The predicted octanol–water partition coefficient (Wildman–Crippen LogP) is 2.43. The second-order valence-corrected chi connectivity index (χ2v) is 5.87. The van der Waals surface area contributed by atoms with Crippen LogP contribution >= 0.6 is 0 Å². The van der Waals surface area contributed by atoms with E-state index in [0.717, 1.165) is 19.4 Å². The number of carbonyl (C=O) groups excluding carboxylic acids is 1. The van der Waals surface area contributed by atoms with Crippen molar-refractivity contribution in [3.8, 4) is 0 Å². The van der Waals surface area contributed by atoms with Gasteiger partial charge in [-0.3, -0.25) is 0 Å². The van der Waals surface area contributed by atoms with Gasteiger partial charge in [0, 0.05) is 12.1 Å². The molecule has 0 bridgehead atoms. The number of rotatable bonds is 3. The summed E-state index contributed by atoms with van der Waals surface area (Å²) in [6, 6.07) is 0. The molecule has 0 aromatic heterocycles. The molecule has 0 aromatic rings. The first-order chi connectivity index (χ1) is 7.87. The number of carbonyl (C=O) groups is 1. The summed E-state index contributed by atoms with van der Waals surface area (Å²) in [5.74, 6) is 0. The second kappa shape index (κ2) is 5.71. The zero-order valence-electron chi connectivity index (χ0n) is 11.6. The zero-order chi connectivity index (χ0) is 12.9. The Bertz CT molecular complexity index is 253. The molecule has 4 heteroatoms. The van der Waals surface area contributed by atoms with Crippen LogP contribution in [0.15, 0.2) is 0 Å². The molecule has 1 aliphatic rings. The van der Waals surface area contributed by atoms with Gasteiger partial charge in [0.2, 0.25) is 0 Å². The van der Waals surface area contributed by atoms with Crippen LogP contribution in [0.25, 0.3) is 0 Å². The molecule has 100 valence electrons. The van der Waals surface area contributed by atoms with Gasteiger partial charge in [-0.05, 0) is 46.6 Å². The quantitative estimate of drug-likeness (QED) is 0.799. The van der Waals surface area contributed by atoms with Gasteiger partial charge >= 0.3 is 6.09 Å². The number of piperidine rings is 1. The Labute approximate surface area is 104 Å². The summed E-state index contributed by atoms with van der Waals surface area (Å²) in [6.45, 7) is 9.49. The third-order valence-corrected chi connectivity index (χ3v) is 3.23. The molecule has 0 radical (unpaired) electrons. The maximum absolute atomic E-state index is 11.6. The monoisotopic (exact) mass is 242 g/mol. The van der Waals surface area contributed by atoms with E-state index in [1.165, 1.54) is 12.8 Å². The number of hydrogen-bond donors (Lipinski definition) is 2. The largest absolute Gasteiger partial charge is 0.444 e. The molecule has 1 aliphatic heterocycles. The summed E-state index contributed by atoms with van der Waals surface area (Å²) in [4.78, 5) is 11.6. The van der Waals surface area contributed by atoms with Crippen LogP contribution in [0.2, 0.25) is 0 Å². The third-order valence-electron chi connectivity index (χ3n) is 3.23. The van der Waals surface area contributed by atoms with Gasteiger partial charge in [-0.15, -0.1) is 0 Å². The molecule has 17 heavy (non-hydrogen) atoms. The molecule has 1 fully saturated rings. The highest BCUT2D eigenvalue weighted by molar-refractivity contribution is 5.67. The number of hydrogen-bond acceptors (Lipinski definition) is 3. The fourth-order valence-corrected chi connectivity index (χ4v) is 2.16. The molecule has 1 rings (SSSR count). The second-order valence-electron chi connectivity index (χ2n) is 5.87. The van der Waals surface area contributed by atoms with Crippen molar-refractivity contribution in [1.82, 2.24) is 10.6 Å². The van der Waals surface area contributed by atoms with Gasteiger partial charge in [0.1, 0.15) is 5.60 Å². The highest BCUT2D eigenvalue weighted by Crippen LogP contribution is 2.22. The minimum Gasteiger partial charge on any atom is -0.444 e. The van der Waals surface area contributed by atoms with Crippen LogP contribution in [-0.2, 0) is 4.74 Å². The average molecular weight is 242 g/mol. The van der Waals surface area contributed by atoms with Crippen LogP contribution in [0.4, 0.5) is 4.79 Å². The summed E-state index contributed by atoms with van der Waals surface area (Å²) >= 11 is 0. The Morgan fingerprint density at radius 3 is 2.59 bits per heavy atom. The Morgan fingerprint density at radius 1 is 1.41 bits per heavy atom. The Hall–Kier alpha value is -0.770. The third kappa shape index (κ3) is 4.94. The highest BCUT2D eigenvalue weighted by atomic mass is 16.6. The molecule has 0 aromatic carbocycles.